The molecule has 12 heteroatoms. The molecule has 0 aromatic heterocycles. The predicted octanol–water partition coefficient (Wildman–Crippen LogP) is 4.98. The normalized spacial score (nSPS) is 12.6. The second-order valence-electron chi connectivity index (χ2n) is 9.36. The maximum atomic E-state index is 13.7. The van der Waals surface area contributed by atoms with Gasteiger partial charge in [-0.15, -0.1) is 0 Å². The molecule has 0 heterocycles. The Hall–Kier alpha value is -3.93. The lowest BCUT2D eigenvalue weighted by Crippen LogP contribution is -2.52. The molecule has 0 aliphatic rings. The highest BCUT2D eigenvalue weighted by Crippen LogP contribution is 2.33. The summed E-state index contributed by atoms with van der Waals surface area (Å²) in [5, 5.41) is 2.69. The zero-order valence-electron chi connectivity index (χ0n) is 22.0. The van der Waals surface area contributed by atoms with Crippen molar-refractivity contribution in [3.63, 3.8) is 0 Å². The average molecular weight is 580 g/mol. The second kappa shape index (κ2) is 12.5. The maximum Gasteiger partial charge on any atom is 0.416 e. The van der Waals surface area contributed by atoms with Gasteiger partial charge in [0, 0.05) is 12.6 Å². The highest BCUT2D eigenvalue weighted by atomic mass is 32.2. The van der Waals surface area contributed by atoms with Crippen LogP contribution >= 0.6 is 0 Å². The first kappa shape index (κ1) is 30.6. The van der Waals surface area contributed by atoms with E-state index in [1.807, 2.05) is 0 Å². The first-order valence-electron chi connectivity index (χ1n) is 12.3. The Morgan fingerprint density at radius 1 is 0.900 bits per heavy atom. The van der Waals surface area contributed by atoms with E-state index in [0.29, 0.717) is 15.9 Å². The average Bonchev–Trinajstić information content (AvgIpc) is 2.90. The molecule has 3 rings (SSSR count). The van der Waals surface area contributed by atoms with E-state index in [0.717, 1.165) is 23.1 Å². The minimum absolute atomic E-state index is 0.187. The Morgan fingerprint density at radius 3 is 2.10 bits per heavy atom. The number of hydrogen-bond acceptors (Lipinski definition) is 4. The number of carbonyl (C=O) groups is 2. The fraction of sp³-hybridized carbons (Fsp3) is 0.286. The number of benzene rings is 3. The van der Waals surface area contributed by atoms with Crippen molar-refractivity contribution in [2.24, 2.45) is 0 Å². The van der Waals surface area contributed by atoms with Crippen LogP contribution in [-0.2, 0) is 32.3 Å². The topological polar surface area (TPSA) is 86.8 Å². The molecule has 0 fully saturated rings. The van der Waals surface area contributed by atoms with E-state index in [1.54, 1.807) is 19.9 Å². The second-order valence-corrected chi connectivity index (χ2v) is 11.2. The number of halogens is 4. The number of rotatable bonds is 10. The van der Waals surface area contributed by atoms with E-state index < -0.39 is 52.0 Å². The molecular formula is C28H29F4N3O4S. The van der Waals surface area contributed by atoms with Gasteiger partial charge in [-0.05, 0) is 68.8 Å². The number of nitrogens with zero attached hydrogens (tertiary/aromatic N) is 2. The molecule has 7 nitrogen and oxygen atoms in total. The Balaban J connectivity index is 2.07. The molecule has 1 unspecified atom stereocenters. The minimum Gasteiger partial charge on any atom is -0.352 e. The summed E-state index contributed by atoms with van der Waals surface area (Å²) in [4.78, 5) is 27.4. The molecule has 214 valence electrons. The maximum absolute atomic E-state index is 13.7. The van der Waals surface area contributed by atoms with Crippen molar-refractivity contribution in [1.29, 1.82) is 0 Å². The lowest BCUT2D eigenvalue weighted by Gasteiger charge is -2.32. The Labute approximate surface area is 230 Å². The van der Waals surface area contributed by atoms with Gasteiger partial charge in [-0.25, -0.2) is 12.8 Å². The quantitative estimate of drug-likeness (QED) is 0.343. The molecule has 3 aromatic rings. The zero-order valence-corrected chi connectivity index (χ0v) is 22.8. The van der Waals surface area contributed by atoms with Gasteiger partial charge in [0.05, 0.1) is 16.1 Å². The van der Waals surface area contributed by atoms with Gasteiger partial charge in [-0.2, -0.15) is 13.2 Å². The van der Waals surface area contributed by atoms with Gasteiger partial charge < -0.3 is 10.2 Å². The fourth-order valence-electron chi connectivity index (χ4n) is 3.86. The molecule has 3 aromatic carbocycles. The first-order chi connectivity index (χ1) is 18.7. The van der Waals surface area contributed by atoms with Crippen LogP contribution in [0.2, 0.25) is 0 Å². The van der Waals surface area contributed by atoms with Crippen molar-refractivity contribution < 1.29 is 35.6 Å². The highest BCUT2D eigenvalue weighted by Gasteiger charge is 2.35. The summed E-state index contributed by atoms with van der Waals surface area (Å²) < 4.78 is 81.9. The van der Waals surface area contributed by atoms with Crippen molar-refractivity contribution in [3.8, 4) is 0 Å². The summed E-state index contributed by atoms with van der Waals surface area (Å²) >= 11 is 0. The summed E-state index contributed by atoms with van der Waals surface area (Å²) in [7, 11) is -4.52. The third kappa shape index (κ3) is 7.59. The van der Waals surface area contributed by atoms with E-state index in [-0.39, 0.29) is 23.2 Å². The number of anilines is 1. The Bertz CT molecular complexity index is 1430. The highest BCUT2D eigenvalue weighted by molar-refractivity contribution is 7.92. The molecule has 40 heavy (non-hydrogen) atoms. The Morgan fingerprint density at radius 2 is 1.52 bits per heavy atom. The van der Waals surface area contributed by atoms with Gasteiger partial charge in [-0.1, -0.05) is 36.4 Å². The van der Waals surface area contributed by atoms with E-state index in [1.165, 1.54) is 55.5 Å². The van der Waals surface area contributed by atoms with Gasteiger partial charge in [0.25, 0.3) is 10.0 Å². The first-order valence-corrected chi connectivity index (χ1v) is 13.7. The van der Waals surface area contributed by atoms with Crippen molar-refractivity contribution in [2.75, 3.05) is 10.8 Å². The molecule has 0 aliphatic carbocycles. The fourth-order valence-corrected chi connectivity index (χ4v) is 5.29. The van der Waals surface area contributed by atoms with Crippen molar-refractivity contribution >= 4 is 27.5 Å². The number of alkyl halides is 3. The molecule has 0 saturated carbocycles. The van der Waals surface area contributed by atoms with E-state index in [9.17, 15) is 35.6 Å². The lowest BCUT2D eigenvalue weighted by molar-refractivity contribution is -0.139. The van der Waals surface area contributed by atoms with Gasteiger partial charge in [-0.3, -0.25) is 13.9 Å². The molecule has 1 atom stereocenters. The van der Waals surface area contributed by atoms with E-state index in [2.05, 4.69) is 5.32 Å². The number of nitrogens with one attached hydrogen (secondary N) is 1. The van der Waals surface area contributed by atoms with E-state index in [4.69, 9.17) is 0 Å². The molecule has 2 amide bonds. The van der Waals surface area contributed by atoms with Crippen LogP contribution in [0.5, 0.6) is 0 Å². The summed E-state index contributed by atoms with van der Waals surface area (Å²) in [6.07, 6.45) is -4.76. The van der Waals surface area contributed by atoms with Crippen molar-refractivity contribution in [1.82, 2.24) is 10.2 Å². The summed E-state index contributed by atoms with van der Waals surface area (Å²) in [6.45, 7) is 3.79. The van der Waals surface area contributed by atoms with Crippen LogP contribution in [0.3, 0.4) is 0 Å². The van der Waals surface area contributed by atoms with Crippen LogP contribution in [0.4, 0.5) is 23.2 Å². The summed E-state index contributed by atoms with van der Waals surface area (Å²) in [6, 6.07) is 14.4. The van der Waals surface area contributed by atoms with Crippen LogP contribution < -0.4 is 9.62 Å². The van der Waals surface area contributed by atoms with Gasteiger partial charge in [0.15, 0.2) is 0 Å². The smallest absolute Gasteiger partial charge is 0.352 e. The van der Waals surface area contributed by atoms with Crippen molar-refractivity contribution in [3.05, 3.63) is 95.8 Å². The predicted molar refractivity (Wildman–Crippen MR) is 142 cm³/mol. The number of hydrogen-bond donors (Lipinski definition) is 1. The van der Waals surface area contributed by atoms with Gasteiger partial charge in [0.1, 0.15) is 18.4 Å². The largest absolute Gasteiger partial charge is 0.416 e. The molecule has 0 spiro atoms. The van der Waals surface area contributed by atoms with E-state index >= 15 is 0 Å². The third-order valence-corrected chi connectivity index (χ3v) is 7.72. The molecule has 0 radical (unpaired) electrons. The van der Waals surface area contributed by atoms with Crippen LogP contribution in [0.1, 0.15) is 31.9 Å². The standard InChI is InChI=1S/C28H29F4N3O4S/c1-19(2)33-27(37)20(3)34(17-21-12-14-23(29)15-13-21)26(36)18-35(40(38,39)25-10-5-4-6-11-25)24-9-7-8-22(16-24)28(30,31)32/h4-16,19-20H,17-18H2,1-3H3,(H,33,37). The molecule has 0 aliphatic heterocycles. The van der Waals surface area contributed by atoms with Crippen LogP contribution in [0.25, 0.3) is 0 Å². The van der Waals surface area contributed by atoms with Gasteiger partial charge >= 0.3 is 6.18 Å². The van der Waals surface area contributed by atoms with Crippen molar-refractivity contribution in [2.45, 2.75) is 50.5 Å². The molecule has 0 bridgehead atoms. The number of amides is 2. The summed E-state index contributed by atoms with van der Waals surface area (Å²) in [5.74, 6) is -1.90. The lowest BCUT2D eigenvalue weighted by atomic mass is 10.1. The SMILES string of the molecule is CC(C)NC(=O)C(C)N(Cc1ccc(F)cc1)C(=O)CN(c1cccc(C(F)(F)F)c1)S(=O)(=O)c1ccccc1. The number of sulfonamides is 1. The Kier molecular flexibility index (Phi) is 9.56. The summed E-state index contributed by atoms with van der Waals surface area (Å²) in [5.41, 5.74) is -1.03. The monoisotopic (exact) mass is 579 g/mol. The van der Waals surface area contributed by atoms with Crippen LogP contribution in [-0.4, -0.2) is 43.8 Å². The third-order valence-electron chi connectivity index (χ3n) is 5.94. The van der Waals surface area contributed by atoms with Gasteiger partial charge in [0.2, 0.25) is 11.8 Å². The van der Waals surface area contributed by atoms with Crippen LogP contribution in [0.15, 0.2) is 83.8 Å². The van der Waals surface area contributed by atoms with Crippen LogP contribution in [0, 0.1) is 5.82 Å². The zero-order chi connectivity index (χ0) is 29.7. The molecular weight excluding hydrogens is 550 g/mol. The molecule has 0 saturated heterocycles. The molecule has 1 N–H and O–H groups in total. The number of carbonyl (C=O) groups excluding carboxylic acids is 2. The minimum atomic E-state index is -4.76.